The number of piperazine rings is 1. The fourth-order valence-corrected chi connectivity index (χ4v) is 3.75. The van der Waals surface area contributed by atoms with Crippen molar-refractivity contribution >= 4 is 22.1 Å². The van der Waals surface area contributed by atoms with E-state index in [1.807, 2.05) is 36.4 Å². The summed E-state index contributed by atoms with van der Waals surface area (Å²) in [5.74, 6) is 0. The molecule has 1 fully saturated rings. The van der Waals surface area contributed by atoms with Crippen molar-refractivity contribution in [1.29, 1.82) is 5.26 Å². The fourth-order valence-electron chi connectivity index (χ4n) is 3.75. The number of rotatable bonds is 4. The molecule has 7 heteroatoms. The highest BCUT2D eigenvalue weighted by atomic mass is 16.1. The molecule has 0 saturated carbocycles. The van der Waals surface area contributed by atoms with Crippen LogP contribution in [0.2, 0.25) is 0 Å². The molecule has 1 aromatic heterocycles. The van der Waals surface area contributed by atoms with Gasteiger partial charge < -0.3 is 10.6 Å². The normalized spacial score (nSPS) is 14.9. The van der Waals surface area contributed by atoms with E-state index in [-0.39, 0.29) is 5.56 Å². The monoisotopic (exact) mass is 374 g/mol. The number of nitrogens with one attached hydrogen (secondary N) is 1. The van der Waals surface area contributed by atoms with Crippen molar-refractivity contribution in [3.05, 3.63) is 52.8 Å². The minimum atomic E-state index is -0.196. The SMILES string of the molecule is N#CCCN1CCN(c2ccc(-c3n[nH]c(=O)c4ccccc34)cc2N)CC1. The Morgan fingerprint density at radius 2 is 1.86 bits per heavy atom. The summed E-state index contributed by atoms with van der Waals surface area (Å²) >= 11 is 0. The predicted octanol–water partition coefficient (Wildman–Crippen LogP) is 2.21. The molecule has 3 N–H and O–H groups in total. The van der Waals surface area contributed by atoms with Gasteiger partial charge in [0.15, 0.2) is 0 Å². The second-order valence-electron chi connectivity index (χ2n) is 6.96. The van der Waals surface area contributed by atoms with Gasteiger partial charge in [0.2, 0.25) is 0 Å². The molecule has 4 rings (SSSR count). The molecular weight excluding hydrogens is 352 g/mol. The minimum absolute atomic E-state index is 0.196. The number of anilines is 2. The number of hydrogen-bond acceptors (Lipinski definition) is 6. The number of benzene rings is 2. The fraction of sp³-hybridized carbons (Fsp3) is 0.286. The van der Waals surface area contributed by atoms with E-state index >= 15 is 0 Å². The molecule has 0 spiro atoms. The zero-order chi connectivity index (χ0) is 19.5. The van der Waals surface area contributed by atoms with Crippen molar-refractivity contribution in [2.24, 2.45) is 0 Å². The van der Waals surface area contributed by atoms with Gasteiger partial charge in [-0.25, -0.2) is 5.10 Å². The van der Waals surface area contributed by atoms with Crippen LogP contribution in [-0.4, -0.2) is 47.8 Å². The molecule has 1 saturated heterocycles. The molecule has 2 aromatic carbocycles. The summed E-state index contributed by atoms with van der Waals surface area (Å²) in [4.78, 5) is 16.6. The summed E-state index contributed by atoms with van der Waals surface area (Å²) in [7, 11) is 0. The third-order valence-electron chi connectivity index (χ3n) is 5.25. The summed E-state index contributed by atoms with van der Waals surface area (Å²) in [6, 6.07) is 15.6. The number of aromatic nitrogens is 2. The van der Waals surface area contributed by atoms with Crippen molar-refractivity contribution in [2.45, 2.75) is 6.42 Å². The van der Waals surface area contributed by atoms with Gasteiger partial charge in [0.25, 0.3) is 5.56 Å². The Morgan fingerprint density at radius 1 is 1.11 bits per heavy atom. The van der Waals surface area contributed by atoms with E-state index in [4.69, 9.17) is 11.0 Å². The van der Waals surface area contributed by atoms with E-state index in [1.165, 1.54) is 0 Å². The molecule has 0 aliphatic carbocycles. The van der Waals surface area contributed by atoms with Gasteiger partial charge in [-0.2, -0.15) is 10.4 Å². The number of nitriles is 1. The van der Waals surface area contributed by atoms with Gasteiger partial charge in [-0.3, -0.25) is 9.69 Å². The second kappa shape index (κ2) is 7.71. The molecule has 0 radical (unpaired) electrons. The summed E-state index contributed by atoms with van der Waals surface area (Å²) in [6.45, 7) is 4.44. The van der Waals surface area contributed by atoms with Gasteiger partial charge >= 0.3 is 0 Å². The number of nitrogens with zero attached hydrogens (tertiary/aromatic N) is 4. The Hall–Kier alpha value is -3.37. The smallest absolute Gasteiger partial charge is 0.272 e. The molecule has 142 valence electrons. The molecule has 2 heterocycles. The lowest BCUT2D eigenvalue weighted by atomic mass is 10.0. The maximum Gasteiger partial charge on any atom is 0.272 e. The third-order valence-corrected chi connectivity index (χ3v) is 5.25. The first-order valence-corrected chi connectivity index (χ1v) is 9.39. The van der Waals surface area contributed by atoms with E-state index in [0.29, 0.717) is 17.5 Å². The van der Waals surface area contributed by atoms with Gasteiger partial charge in [0.05, 0.1) is 28.5 Å². The first-order valence-electron chi connectivity index (χ1n) is 9.39. The van der Waals surface area contributed by atoms with Crippen LogP contribution in [0.5, 0.6) is 0 Å². The summed E-state index contributed by atoms with van der Waals surface area (Å²) in [6.07, 6.45) is 0.566. The molecule has 0 atom stereocenters. The average molecular weight is 374 g/mol. The van der Waals surface area contributed by atoms with Crippen LogP contribution in [-0.2, 0) is 0 Å². The molecule has 3 aromatic rings. The standard InChI is InChI=1S/C21H22N6O/c22-8-3-9-26-10-12-27(13-11-26)19-7-6-15(14-18(19)23)20-16-4-1-2-5-17(16)21(28)25-24-20/h1-2,4-7,14H,3,9-13,23H2,(H,25,28). The largest absolute Gasteiger partial charge is 0.397 e. The highest BCUT2D eigenvalue weighted by Gasteiger charge is 2.19. The van der Waals surface area contributed by atoms with Crippen LogP contribution >= 0.6 is 0 Å². The lowest BCUT2D eigenvalue weighted by molar-refractivity contribution is 0.263. The molecule has 0 bridgehead atoms. The van der Waals surface area contributed by atoms with Crippen molar-refractivity contribution in [3.63, 3.8) is 0 Å². The predicted molar refractivity (Wildman–Crippen MR) is 111 cm³/mol. The molecule has 1 aliphatic heterocycles. The van der Waals surface area contributed by atoms with Crippen LogP contribution in [0, 0.1) is 11.3 Å². The Kier molecular flexibility index (Phi) is 4.96. The molecule has 0 unspecified atom stereocenters. The zero-order valence-electron chi connectivity index (χ0n) is 15.6. The van der Waals surface area contributed by atoms with E-state index < -0.39 is 0 Å². The number of nitrogen functional groups attached to an aromatic ring is 1. The average Bonchev–Trinajstić information content (AvgIpc) is 2.73. The van der Waals surface area contributed by atoms with Crippen LogP contribution in [0.3, 0.4) is 0 Å². The Balaban J connectivity index is 1.59. The van der Waals surface area contributed by atoms with Crippen LogP contribution in [0.25, 0.3) is 22.0 Å². The number of hydrogen-bond donors (Lipinski definition) is 2. The second-order valence-corrected chi connectivity index (χ2v) is 6.96. The Labute approximate surface area is 163 Å². The highest BCUT2D eigenvalue weighted by Crippen LogP contribution is 2.31. The zero-order valence-corrected chi connectivity index (χ0v) is 15.6. The topological polar surface area (TPSA) is 102 Å². The minimum Gasteiger partial charge on any atom is -0.397 e. The first-order chi connectivity index (χ1) is 13.7. The van der Waals surface area contributed by atoms with E-state index in [0.717, 1.165) is 55.1 Å². The quantitative estimate of drug-likeness (QED) is 0.679. The van der Waals surface area contributed by atoms with Gasteiger partial charge in [0.1, 0.15) is 0 Å². The van der Waals surface area contributed by atoms with E-state index in [9.17, 15) is 4.79 Å². The Bertz CT molecular complexity index is 1090. The maximum absolute atomic E-state index is 12.0. The lowest BCUT2D eigenvalue weighted by Gasteiger charge is -2.36. The third kappa shape index (κ3) is 3.42. The summed E-state index contributed by atoms with van der Waals surface area (Å²) < 4.78 is 0. The highest BCUT2D eigenvalue weighted by molar-refractivity contribution is 5.94. The van der Waals surface area contributed by atoms with Crippen LogP contribution in [0.15, 0.2) is 47.3 Å². The molecule has 1 aliphatic rings. The lowest BCUT2D eigenvalue weighted by Crippen LogP contribution is -2.46. The summed E-state index contributed by atoms with van der Waals surface area (Å²) in [5.41, 5.74) is 9.48. The molecule has 0 amide bonds. The maximum atomic E-state index is 12.0. The Morgan fingerprint density at radius 3 is 2.57 bits per heavy atom. The van der Waals surface area contributed by atoms with E-state index in [2.05, 4.69) is 26.1 Å². The van der Waals surface area contributed by atoms with Crippen LogP contribution < -0.4 is 16.2 Å². The van der Waals surface area contributed by atoms with Gasteiger partial charge in [-0.05, 0) is 18.2 Å². The van der Waals surface area contributed by atoms with Crippen molar-refractivity contribution in [2.75, 3.05) is 43.4 Å². The van der Waals surface area contributed by atoms with Gasteiger partial charge in [-0.1, -0.05) is 24.3 Å². The molecule has 28 heavy (non-hydrogen) atoms. The first kappa shape index (κ1) is 18.0. The molecular formula is C21H22N6O. The van der Waals surface area contributed by atoms with Crippen LogP contribution in [0.4, 0.5) is 11.4 Å². The number of H-pyrrole nitrogens is 1. The summed E-state index contributed by atoms with van der Waals surface area (Å²) in [5, 5.41) is 17.0. The number of fused-ring (bicyclic) bond motifs is 1. The molecule has 7 nitrogen and oxygen atoms in total. The van der Waals surface area contributed by atoms with Gasteiger partial charge in [0, 0.05) is 50.1 Å². The van der Waals surface area contributed by atoms with Crippen molar-refractivity contribution < 1.29 is 0 Å². The van der Waals surface area contributed by atoms with Crippen LogP contribution in [0.1, 0.15) is 6.42 Å². The number of aromatic amines is 1. The van der Waals surface area contributed by atoms with Crippen molar-refractivity contribution in [3.8, 4) is 17.3 Å². The van der Waals surface area contributed by atoms with Crippen molar-refractivity contribution in [1.82, 2.24) is 15.1 Å². The van der Waals surface area contributed by atoms with E-state index in [1.54, 1.807) is 6.07 Å². The van der Waals surface area contributed by atoms with Gasteiger partial charge in [-0.15, -0.1) is 0 Å². The number of nitrogens with two attached hydrogens (primary N) is 1.